The summed E-state index contributed by atoms with van der Waals surface area (Å²) in [5, 5.41) is 10.7. The minimum atomic E-state index is -0.660. The number of nitrogens with zero attached hydrogens (tertiary/aromatic N) is 1. The van der Waals surface area contributed by atoms with E-state index in [1.165, 1.54) is 0 Å². The van der Waals surface area contributed by atoms with Gasteiger partial charge in [-0.3, -0.25) is 4.98 Å². The maximum atomic E-state index is 10.7. The Morgan fingerprint density at radius 2 is 2.00 bits per heavy atom. The van der Waals surface area contributed by atoms with Crippen molar-refractivity contribution >= 4 is 0 Å². The summed E-state index contributed by atoms with van der Waals surface area (Å²) in [5.74, 6) is 1.37. The number of methoxy groups -OCH3 is 2. The molecule has 106 valence electrons. The van der Waals surface area contributed by atoms with Crippen molar-refractivity contribution in [3.63, 3.8) is 0 Å². The van der Waals surface area contributed by atoms with Crippen molar-refractivity contribution in [3.05, 3.63) is 24.0 Å². The summed E-state index contributed by atoms with van der Waals surface area (Å²) in [4.78, 5) is 4.11. The van der Waals surface area contributed by atoms with Crippen molar-refractivity contribution in [1.29, 1.82) is 0 Å². The van der Waals surface area contributed by atoms with Gasteiger partial charge in [0.15, 0.2) is 0 Å². The van der Waals surface area contributed by atoms with Crippen molar-refractivity contribution in [2.24, 2.45) is 5.92 Å². The maximum Gasteiger partial charge on any atom is 0.137 e. The van der Waals surface area contributed by atoms with E-state index in [9.17, 15) is 5.11 Å². The predicted molar refractivity (Wildman–Crippen MR) is 73.1 cm³/mol. The molecule has 1 aromatic heterocycles. The van der Waals surface area contributed by atoms with Crippen molar-refractivity contribution < 1.29 is 14.6 Å². The zero-order valence-electron chi connectivity index (χ0n) is 11.9. The lowest BCUT2D eigenvalue weighted by atomic mass is 9.75. The lowest BCUT2D eigenvalue weighted by molar-refractivity contribution is -0.130. The Balaban J connectivity index is 2.22. The van der Waals surface area contributed by atoms with E-state index in [0.29, 0.717) is 11.7 Å². The lowest BCUT2D eigenvalue weighted by Crippen LogP contribution is -2.42. The minimum absolute atomic E-state index is 0.486. The van der Waals surface area contributed by atoms with Crippen LogP contribution < -0.4 is 4.74 Å². The first kappa shape index (κ1) is 14.3. The van der Waals surface area contributed by atoms with Crippen LogP contribution in [-0.2, 0) is 4.74 Å². The second kappa shape index (κ2) is 5.88. The van der Waals surface area contributed by atoms with Crippen LogP contribution in [0.2, 0.25) is 0 Å². The average Bonchev–Trinajstić information content (AvgIpc) is 2.48. The molecule has 1 atom stereocenters. The van der Waals surface area contributed by atoms with Gasteiger partial charge in [0, 0.05) is 18.9 Å². The smallest absolute Gasteiger partial charge is 0.137 e. The lowest BCUT2D eigenvalue weighted by Gasteiger charge is -2.41. The number of aromatic nitrogens is 1. The highest BCUT2D eigenvalue weighted by molar-refractivity contribution is 5.27. The first-order valence-electron chi connectivity index (χ1n) is 6.83. The first-order valence-corrected chi connectivity index (χ1v) is 6.83. The summed E-state index contributed by atoms with van der Waals surface area (Å²) in [6.07, 6.45) is 6.59. The molecule has 1 aliphatic rings. The van der Waals surface area contributed by atoms with Gasteiger partial charge in [0.25, 0.3) is 0 Å². The van der Waals surface area contributed by atoms with Crippen LogP contribution in [0.4, 0.5) is 0 Å². The van der Waals surface area contributed by atoms with E-state index in [1.54, 1.807) is 26.6 Å². The summed E-state index contributed by atoms with van der Waals surface area (Å²) >= 11 is 0. The molecule has 0 bridgehead atoms. The maximum absolute atomic E-state index is 10.7. The van der Waals surface area contributed by atoms with Gasteiger partial charge in [-0.2, -0.15) is 0 Å². The third kappa shape index (κ3) is 2.90. The first-order chi connectivity index (χ1) is 9.11. The molecule has 1 saturated carbocycles. The number of aliphatic hydroxyl groups excluding tert-OH is 1. The van der Waals surface area contributed by atoms with Crippen molar-refractivity contribution in [2.45, 2.75) is 44.3 Å². The predicted octanol–water partition coefficient (Wildman–Crippen LogP) is 2.72. The standard InChI is InChI=1S/C15H23NO3/c1-11-4-6-15(19-3,7-5-11)14(17)12-8-13(18-2)10-16-9-12/h8-11,14,17H,4-7H2,1-3H3. The molecular weight excluding hydrogens is 242 g/mol. The highest BCUT2D eigenvalue weighted by Gasteiger charge is 2.41. The molecule has 0 amide bonds. The molecule has 1 N–H and O–H groups in total. The van der Waals surface area contributed by atoms with E-state index in [-0.39, 0.29) is 0 Å². The summed E-state index contributed by atoms with van der Waals surface area (Å²) in [7, 11) is 3.29. The summed E-state index contributed by atoms with van der Waals surface area (Å²) in [6.45, 7) is 2.25. The highest BCUT2D eigenvalue weighted by Crippen LogP contribution is 2.43. The Morgan fingerprint density at radius 3 is 2.58 bits per heavy atom. The Morgan fingerprint density at radius 1 is 1.32 bits per heavy atom. The third-order valence-corrected chi connectivity index (χ3v) is 4.31. The third-order valence-electron chi connectivity index (χ3n) is 4.31. The Labute approximate surface area is 114 Å². The van der Waals surface area contributed by atoms with Crippen molar-refractivity contribution in [1.82, 2.24) is 4.98 Å². The summed E-state index contributed by atoms with van der Waals surface area (Å²) in [6, 6.07) is 1.83. The van der Waals surface area contributed by atoms with E-state index < -0.39 is 11.7 Å². The van der Waals surface area contributed by atoms with Gasteiger partial charge < -0.3 is 14.6 Å². The van der Waals surface area contributed by atoms with E-state index >= 15 is 0 Å². The molecule has 0 saturated heterocycles. The zero-order chi connectivity index (χ0) is 13.9. The fourth-order valence-electron chi connectivity index (χ4n) is 2.84. The van der Waals surface area contributed by atoms with Crippen molar-refractivity contribution in [3.8, 4) is 5.75 Å². The average molecular weight is 265 g/mol. The summed E-state index contributed by atoms with van der Waals surface area (Å²) < 4.78 is 10.9. The van der Waals surface area contributed by atoms with Gasteiger partial charge in [0.2, 0.25) is 0 Å². The fourth-order valence-corrected chi connectivity index (χ4v) is 2.84. The van der Waals surface area contributed by atoms with Crippen LogP contribution in [0.3, 0.4) is 0 Å². The molecule has 0 aliphatic heterocycles. The number of rotatable bonds is 4. The van der Waals surface area contributed by atoms with Gasteiger partial charge >= 0.3 is 0 Å². The molecular formula is C15H23NO3. The minimum Gasteiger partial charge on any atom is -0.495 e. The highest BCUT2D eigenvalue weighted by atomic mass is 16.5. The molecule has 1 fully saturated rings. The summed E-state index contributed by atoms with van der Waals surface area (Å²) in [5.41, 5.74) is 0.274. The van der Waals surface area contributed by atoms with Crippen LogP contribution in [0, 0.1) is 5.92 Å². The molecule has 0 radical (unpaired) electrons. The monoisotopic (exact) mass is 265 g/mol. The van der Waals surface area contributed by atoms with Gasteiger partial charge in [-0.1, -0.05) is 6.92 Å². The van der Waals surface area contributed by atoms with E-state index in [1.807, 2.05) is 6.07 Å². The topological polar surface area (TPSA) is 51.6 Å². The Kier molecular flexibility index (Phi) is 4.42. The molecule has 4 nitrogen and oxygen atoms in total. The molecule has 1 unspecified atom stereocenters. The van der Waals surface area contributed by atoms with Crippen LogP contribution in [-0.4, -0.2) is 29.9 Å². The van der Waals surface area contributed by atoms with Crippen molar-refractivity contribution in [2.75, 3.05) is 14.2 Å². The van der Waals surface area contributed by atoms with Crippen LogP contribution in [0.25, 0.3) is 0 Å². The van der Waals surface area contributed by atoms with Gasteiger partial charge in [-0.25, -0.2) is 0 Å². The van der Waals surface area contributed by atoms with Crippen LogP contribution in [0.5, 0.6) is 5.75 Å². The zero-order valence-corrected chi connectivity index (χ0v) is 11.9. The SMILES string of the molecule is COc1cncc(C(O)C2(OC)CCC(C)CC2)c1. The molecule has 4 heteroatoms. The number of hydrogen-bond acceptors (Lipinski definition) is 4. The van der Waals surface area contributed by atoms with E-state index in [0.717, 1.165) is 31.2 Å². The molecule has 0 spiro atoms. The van der Waals surface area contributed by atoms with Gasteiger partial charge in [0.1, 0.15) is 11.9 Å². The van der Waals surface area contributed by atoms with Crippen LogP contribution in [0.15, 0.2) is 18.5 Å². The number of ether oxygens (including phenoxy) is 2. The quantitative estimate of drug-likeness (QED) is 0.909. The second-order valence-electron chi connectivity index (χ2n) is 5.51. The molecule has 2 rings (SSSR count). The number of pyridine rings is 1. The van der Waals surface area contributed by atoms with E-state index in [2.05, 4.69) is 11.9 Å². The van der Waals surface area contributed by atoms with E-state index in [4.69, 9.17) is 9.47 Å². The van der Waals surface area contributed by atoms with Crippen LogP contribution in [0.1, 0.15) is 44.3 Å². The number of aliphatic hydroxyl groups is 1. The van der Waals surface area contributed by atoms with Gasteiger partial charge in [-0.05, 0) is 37.7 Å². The molecule has 0 aromatic carbocycles. The fraction of sp³-hybridized carbons (Fsp3) is 0.667. The van der Waals surface area contributed by atoms with Crippen LogP contribution >= 0.6 is 0 Å². The molecule has 1 heterocycles. The second-order valence-corrected chi connectivity index (χ2v) is 5.51. The van der Waals surface area contributed by atoms with Gasteiger partial charge in [0.05, 0.1) is 18.9 Å². The molecule has 19 heavy (non-hydrogen) atoms. The Hall–Kier alpha value is -1.13. The van der Waals surface area contributed by atoms with Gasteiger partial charge in [-0.15, -0.1) is 0 Å². The normalized spacial score (nSPS) is 28.9. The molecule has 1 aromatic rings. The molecule has 1 aliphatic carbocycles. The Bertz CT molecular complexity index is 414. The number of hydrogen-bond donors (Lipinski definition) is 1. The largest absolute Gasteiger partial charge is 0.495 e.